The van der Waals surface area contributed by atoms with Gasteiger partial charge in [0.25, 0.3) is 0 Å². The summed E-state index contributed by atoms with van der Waals surface area (Å²) in [5, 5.41) is 0. The van der Waals surface area contributed by atoms with E-state index in [4.69, 9.17) is 0 Å². The summed E-state index contributed by atoms with van der Waals surface area (Å²) >= 11 is 0. The Morgan fingerprint density at radius 3 is 2.25 bits per heavy atom. The largest absolute Gasteiger partial charge is 0.0622 e. The zero-order valence-corrected chi connectivity index (χ0v) is 11.6. The lowest BCUT2D eigenvalue weighted by Crippen LogP contribution is -1.89. The highest BCUT2D eigenvalue weighted by molar-refractivity contribution is 5.85. The maximum absolute atomic E-state index is 2.30. The fraction of sp³-hybridized carbons (Fsp3) is 0.100. The molecule has 0 heterocycles. The topological polar surface area (TPSA) is 0 Å². The molecule has 0 nitrogen and oxygen atoms in total. The SMILES string of the molecule is Cc1c(-c2ccccc2)ccc2c1-c1ccccc1C2. The highest BCUT2D eigenvalue weighted by Crippen LogP contribution is 2.41. The van der Waals surface area contributed by atoms with Crippen LogP contribution in [0.1, 0.15) is 16.7 Å². The van der Waals surface area contributed by atoms with E-state index >= 15 is 0 Å². The molecule has 20 heavy (non-hydrogen) atoms. The Kier molecular flexibility index (Phi) is 2.50. The van der Waals surface area contributed by atoms with Crippen molar-refractivity contribution >= 4 is 0 Å². The minimum Gasteiger partial charge on any atom is -0.0622 e. The van der Waals surface area contributed by atoms with Gasteiger partial charge in [-0.25, -0.2) is 0 Å². The van der Waals surface area contributed by atoms with Crippen molar-refractivity contribution in [1.29, 1.82) is 0 Å². The first-order valence-electron chi connectivity index (χ1n) is 7.11. The lowest BCUT2D eigenvalue weighted by molar-refractivity contribution is 1.26. The first kappa shape index (κ1) is 11.5. The van der Waals surface area contributed by atoms with Gasteiger partial charge >= 0.3 is 0 Å². The predicted octanol–water partition coefficient (Wildman–Crippen LogP) is 5.23. The summed E-state index contributed by atoms with van der Waals surface area (Å²) < 4.78 is 0. The van der Waals surface area contributed by atoms with E-state index in [2.05, 4.69) is 73.7 Å². The van der Waals surface area contributed by atoms with Crippen LogP contribution < -0.4 is 0 Å². The zero-order chi connectivity index (χ0) is 13.5. The molecule has 0 amide bonds. The lowest BCUT2D eigenvalue weighted by atomic mass is 9.92. The monoisotopic (exact) mass is 256 g/mol. The first-order valence-corrected chi connectivity index (χ1v) is 7.11. The second-order valence-electron chi connectivity index (χ2n) is 5.47. The van der Waals surface area contributed by atoms with Gasteiger partial charge in [-0.05, 0) is 52.3 Å². The minimum absolute atomic E-state index is 1.07. The van der Waals surface area contributed by atoms with Gasteiger partial charge in [-0.2, -0.15) is 0 Å². The highest BCUT2D eigenvalue weighted by Gasteiger charge is 2.21. The molecule has 0 saturated heterocycles. The van der Waals surface area contributed by atoms with Gasteiger partial charge in [0, 0.05) is 0 Å². The van der Waals surface area contributed by atoms with E-state index in [1.165, 1.54) is 38.9 Å². The zero-order valence-electron chi connectivity index (χ0n) is 11.6. The van der Waals surface area contributed by atoms with Crippen molar-refractivity contribution in [2.75, 3.05) is 0 Å². The molecule has 0 bridgehead atoms. The molecule has 0 N–H and O–H groups in total. The normalized spacial score (nSPS) is 12.1. The number of benzene rings is 3. The predicted molar refractivity (Wildman–Crippen MR) is 84.9 cm³/mol. The van der Waals surface area contributed by atoms with E-state index in [1.807, 2.05) is 0 Å². The Labute approximate surface area is 119 Å². The fourth-order valence-electron chi connectivity index (χ4n) is 3.34. The van der Waals surface area contributed by atoms with Crippen molar-refractivity contribution in [3.05, 3.63) is 83.4 Å². The molecular weight excluding hydrogens is 240 g/mol. The van der Waals surface area contributed by atoms with Crippen LogP contribution in [0.25, 0.3) is 22.3 Å². The third kappa shape index (κ3) is 1.61. The van der Waals surface area contributed by atoms with Crippen LogP contribution in [0.2, 0.25) is 0 Å². The van der Waals surface area contributed by atoms with Crippen LogP contribution in [0.5, 0.6) is 0 Å². The molecule has 0 fully saturated rings. The smallest absolute Gasteiger partial charge is 0.00133 e. The molecule has 1 aliphatic rings. The summed E-state index contributed by atoms with van der Waals surface area (Å²) in [7, 11) is 0. The minimum atomic E-state index is 1.07. The molecule has 0 saturated carbocycles. The van der Waals surface area contributed by atoms with E-state index in [0.29, 0.717) is 0 Å². The second kappa shape index (κ2) is 4.35. The molecular formula is C20H16. The van der Waals surface area contributed by atoms with E-state index in [-0.39, 0.29) is 0 Å². The third-order valence-electron chi connectivity index (χ3n) is 4.30. The maximum Gasteiger partial charge on any atom is -0.00133 e. The average Bonchev–Trinajstić information content (AvgIpc) is 2.88. The number of rotatable bonds is 1. The molecule has 0 spiro atoms. The molecule has 0 atom stereocenters. The van der Waals surface area contributed by atoms with Gasteiger partial charge < -0.3 is 0 Å². The lowest BCUT2D eigenvalue weighted by Gasteiger charge is -2.12. The molecule has 4 rings (SSSR count). The van der Waals surface area contributed by atoms with Crippen molar-refractivity contribution < 1.29 is 0 Å². The summed E-state index contributed by atoms with van der Waals surface area (Å²) in [5.74, 6) is 0. The van der Waals surface area contributed by atoms with Gasteiger partial charge in [0.1, 0.15) is 0 Å². The van der Waals surface area contributed by atoms with Crippen molar-refractivity contribution in [1.82, 2.24) is 0 Å². The van der Waals surface area contributed by atoms with Crippen LogP contribution in [0.4, 0.5) is 0 Å². The summed E-state index contributed by atoms with van der Waals surface area (Å²) in [6, 6.07) is 24.0. The maximum atomic E-state index is 2.30. The van der Waals surface area contributed by atoms with Crippen LogP contribution in [-0.2, 0) is 6.42 Å². The van der Waals surface area contributed by atoms with Gasteiger partial charge in [-0.3, -0.25) is 0 Å². The van der Waals surface area contributed by atoms with Crippen LogP contribution in [0, 0.1) is 6.92 Å². The van der Waals surface area contributed by atoms with E-state index in [9.17, 15) is 0 Å². The first-order chi connectivity index (χ1) is 9.84. The summed E-state index contributed by atoms with van der Waals surface area (Å²) in [4.78, 5) is 0. The quantitative estimate of drug-likeness (QED) is 0.437. The van der Waals surface area contributed by atoms with Crippen LogP contribution >= 0.6 is 0 Å². The van der Waals surface area contributed by atoms with Crippen molar-refractivity contribution in [2.24, 2.45) is 0 Å². The van der Waals surface area contributed by atoms with Crippen LogP contribution in [0.3, 0.4) is 0 Å². The van der Waals surface area contributed by atoms with Crippen molar-refractivity contribution in [3.8, 4) is 22.3 Å². The molecule has 0 aliphatic heterocycles. The molecule has 3 aromatic carbocycles. The van der Waals surface area contributed by atoms with Crippen LogP contribution in [0.15, 0.2) is 66.7 Å². The van der Waals surface area contributed by atoms with Gasteiger partial charge in [0.05, 0.1) is 0 Å². The Morgan fingerprint density at radius 2 is 1.40 bits per heavy atom. The van der Waals surface area contributed by atoms with Crippen LogP contribution in [-0.4, -0.2) is 0 Å². The standard InChI is InChI=1S/C20H16/c1-14-18(15-7-3-2-4-8-15)12-11-17-13-16-9-5-6-10-19(16)20(14)17/h2-12H,13H2,1H3. The molecule has 0 unspecified atom stereocenters. The molecule has 0 heteroatoms. The molecule has 0 aromatic heterocycles. The van der Waals surface area contributed by atoms with Gasteiger partial charge in [-0.1, -0.05) is 66.7 Å². The summed E-state index contributed by atoms with van der Waals surface area (Å²) in [6.07, 6.45) is 1.07. The Balaban J connectivity index is 1.97. The van der Waals surface area contributed by atoms with E-state index < -0.39 is 0 Å². The highest BCUT2D eigenvalue weighted by atomic mass is 14.2. The summed E-state index contributed by atoms with van der Waals surface area (Å²) in [6.45, 7) is 2.25. The Hall–Kier alpha value is -2.34. The van der Waals surface area contributed by atoms with Gasteiger partial charge in [0.15, 0.2) is 0 Å². The molecule has 96 valence electrons. The number of hydrogen-bond acceptors (Lipinski definition) is 0. The third-order valence-corrected chi connectivity index (χ3v) is 4.30. The number of hydrogen-bond donors (Lipinski definition) is 0. The van der Waals surface area contributed by atoms with E-state index in [1.54, 1.807) is 0 Å². The molecule has 0 radical (unpaired) electrons. The Bertz CT molecular complexity index is 782. The Morgan fingerprint density at radius 1 is 0.650 bits per heavy atom. The second-order valence-corrected chi connectivity index (χ2v) is 5.47. The molecule has 3 aromatic rings. The number of fused-ring (bicyclic) bond motifs is 3. The van der Waals surface area contributed by atoms with Gasteiger partial charge in [0.2, 0.25) is 0 Å². The molecule has 1 aliphatic carbocycles. The summed E-state index contributed by atoms with van der Waals surface area (Å²) in [5.41, 5.74) is 9.83. The van der Waals surface area contributed by atoms with Crippen molar-refractivity contribution in [3.63, 3.8) is 0 Å². The fourth-order valence-corrected chi connectivity index (χ4v) is 3.34. The van der Waals surface area contributed by atoms with Crippen molar-refractivity contribution in [2.45, 2.75) is 13.3 Å². The average molecular weight is 256 g/mol. The van der Waals surface area contributed by atoms with E-state index in [0.717, 1.165) is 6.42 Å². The van der Waals surface area contributed by atoms with Gasteiger partial charge in [-0.15, -0.1) is 0 Å².